The second kappa shape index (κ2) is 7.97. The number of aryl methyl sites for hydroxylation is 1. The van der Waals surface area contributed by atoms with Crippen molar-refractivity contribution < 1.29 is 14.3 Å². The van der Waals surface area contributed by atoms with E-state index in [1.165, 1.54) is 6.92 Å². The molecule has 0 aromatic heterocycles. The van der Waals surface area contributed by atoms with Crippen molar-refractivity contribution in [2.75, 3.05) is 30.4 Å². The van der Waals surface area contributed by atoms with Gasteiger partial charge in [0.05, 0.1) is 13.2 Å². The van der Waals surface area contributed by atoms with Crippen molar-refractivity contribution in [1.82, 2.24) is 5.32 Å². The molecule has 1 atom stereocenters. The molecule has 0 bridgehead atoms. The molecule has 2 rings (SSSR count). The molecule has 0 radical (unpaired) electrons. The normalized spacial score (nSPS) is 17.5. The van der Waals surface area contributed by atoms with Gasteiger partial charge in [0.1, 0.15) is 6.04 Å². The van der Waals surface area contributed by atoms with E-state index in [1.807, 2.05) is 19.1 Å². The monoisotopic (exact) mass is 313 g/mol. The highest BCUT2D eigenvalue weighted by molar-refractivity contribution is 5.96. The van der Waals surface area contributed by atoms with E-state index in [-0.39, 0.29) is 30.3 Å². The molecule has 1 heterocycles. The first kappa shape index (κ1) is 17.4. The Bertz CT molecular complexity index is 516. The van der Waals surface area contributed by atoms with Gasteiger partial charge in [-0.05, 0) is 24.6 Å². The van der Waals surface area contributed by atoms with Gasteiger partial charge in [-0.15, -0.1) is 12.4 Å². The van der Waals surface area contributed by atoms with Crippen LogP contribution in [0.15, 0.2) is 18.2 Å². The predicted octanol–water partition coefficient (Wildman–Crippen LogP) is 1.30. The van der Waals surface area contributed by atoms with Crippen molar-refractivity contribution in [2.45, 2.75) is 19.9 Å². The highest BCUT2D eigenvalue weighted by Crippen LogP contribution is 2.20. The standard InChI is InChI=1S/C14H19N3O3.ClH/c1-9-3-4-11(7-12(9)16-10(2)18)17-14(19)13-8-20-6-5-15-13;/h3-4,7,13,15H,5-6,8H2,1-2H3,(H,16,18)(H,17,19);1H. The Morgan fingerprint density at radius 3 is 2.71 bits per heavy atom. The average Bonchev–Trinajstić information content (AvgIpc) is 2.43. The molecule has 1 aliphatic rings. The summed E-state index contributed by atoms with van der Waals surface area (Å²) in [4.78, 5) is 23.2. The summed E-state index contributed by atoms with van der Waals surface area (Å²) < 4.78 is 5.26. The molecular weight excluding hydrogens is 294 g/mol. The zero-order valence-corrected chi connectivity index (χ0v) is 12.9. The van der Waals surface area contributed by atoms with Gasteiger partial charge in [0.25, 0.3) is 0 Å². The Hall–Kier alpha value is -1.63. The summed E-state index contributed by atoms with van der Waals surface area (Å²) in [6.45, 7) is 5.02. The fourth-order valence-electron chi connectivity index (χ4n) is 1.99. The van der Waals surface area contributed by atoms with Crippen LogP contribution in [0.3, 0.4) is 0 Å². The molecule has 1 aromatic rings. The van der Waals surface area contributed by atoms with Crippen molar-refractivity contribution in [3.05, 3.63) is 23.8 Å². The van der Waals surface area contributed by atoms with E-state index < -0.39 is 0 Å². The third kappa shape index (κ3) is 5.00. The van der Waals surface area contributed by atoms with Crippen molar-refractivity contribution >= 4 is 35.6 Å². The summed E-state index contributed by atoms with van der Waals surface area (Å²) in [5.41, 5.74) is 2.29. The zero-order chi connectivity index (χ0) is 14.5. The number of hydrogen-bond donors (Lipinski definition) is 3. The molecule has 0 spiro atoms. The highest BCUT2D eigenvalue weighted by atomic mass is 35.5. The third-order valence-electron chi connectivity index (χ3n) is 3.05. The first-order valence-corrected chi connectivity index (χ1v) is 6.56. The Kier molecular flexibility index (Phi) is 6.61. The summed E-state index contributed by atoms with van der Waals surface area (Å²) >= 11 is 0. The minimum atomic E-state index is -0.339. The van der Waals surface area contributed by atoms with Gasteiger partial charge in [0.15, 0.2) is 0 Å². The van der Waals surface area contributed by atoms with Crippen molar-refractivity contribution in [3.8, 4) is 0 Å². The maximum atomic E-state index is 12.0. The number of halogens is 1. The fourth-order valence-corrected chi connectivity index (χ4v) is 1.99. The Balaban J connectivity index is 0.00000220. The van der Waals surface area contributed by atoms with Crippen LogP contribution in [0.4, 0.5) is 11.4 Å². The smallest absolute Gasteiger partial charge is 0.243 e. The van der Waals surface area contributed by atoms with Crippen molar-refractivity contribution in [3.63, 3.8) is 0 Å². The lowest BCUT2D eigenvalue weighted by molar-refractivity contribution is -0.120. The summed E-state index contributed by atoms with van der Waals surface area (Å²) in [6.07, 6.45) is 0. The lowest BCUT2D eigenvalue weighted by Gasteiger charge is -2.23. The van der Waals surface area contributed by atoms with Gasteiger partial charge in [-0.2, -0.15) is 0 Å². The van der Waals surface area contributed by atoms with E-state index >= 15 is 0 Å². The van der Waals surface area contributed by atoms with Crippen LogP contribution in [0.1, 0.15) is 12.5 Å². The van der Waals surface area contributed by atoms with Crippen LogP contribution in [0.25, 0.3) is 0 Å². The Labute approximate surface area is 130 Å². The van der Waals surface area contributed by atoms with Crippen molar-refractivity contribution in [1.29, 1.82) is 0 Å². The van der Waals surface area contributed by atoms with E-state index in [4.69, 9.17) is 4.74 Å². The molecule has 2 amide bonds. The number of ether oxygens (including phenoxy) is 1. The number of nitrogens with one attached hydrogen (secondary N) is 3. The molecule has 1 unspecified atom stereocenters. The minimum Gasteiger partial charge on any atom is -0.378 e. The summed E-state index contributed by atoms with van der Waals surface area (Å²) in [5, 5.41) is 8.65. The van der Waals surface area contributed by atoms with E-state index in [0.29, 0.717) is 31.1 Å². The molecule has 6 nitrogen and oxygen atoms in total. The molecule has 7 heteroatoms. The quantitative estimate of drug-likeness (QED) is 0.786. The van der Waals surface area contributed by atoms with Crippen LogP contribution in [0.5, 0.6) is 0 Å². The molecule has 1 aliphatic heterocycles. The lowest BCUT2D eigenvalue weighted by atomic mass is 10.1. The van der Waals surface area contributed by atoms with Gasteiger partial charge in [-0.25, -0.2) is 0 Å². The summed E-state index contributed by atoms with van der Waals surface area (Å²) in [5.74, 6) is -0.277. The number of carbonyl (C=O) groups excluding carboxylic acids is 2. The molecule has 1 aromatic carbocycles. The molecule has 3 N–H and O–H groups in total. The summed E-state index contributed by atoms with van der Waals surface area (Å²) in [7, 11) is 0. The maximum Gasteiger partial charge on any atom is 0.243 e. The molecule has 116 valence electrons. The molecule has 0 saturated carbocycles. The third-order valence-corrected chi connectivity index (χ3v) is 3.05. The number of anilines is 2. The van der Waals surface area contributed by atoms with Crippen molar-refractivity contribution in [2.24, 2.45) is 0 Å². The predicted molar refractivity (Wildman–Crippen MR) is 84.0 cm³/mol. The van der Waals surface area contributed by atoms with Gasteiger partial charge < -0.3 is 20.7 Å². The number of rotatable bonds is 3. The van der Waals surface area contributed by atoms with Gasteiger partial charge in [0, 0.05) is 24.8 Å². The van der Waals surface area contributed by atoms with Crippen LogP contribution < -0.4 is 16.0 Å². The molecular formula is C14H20ClN3O3. The fraction of sp³-hybridized carbons (Fsp3) is 0.429. The second-order valence-corrected chi connectivity index (χ2v) is 4.78. The average molecular weight is 314 g/mol. The highest BCUT2D eigenvalue weighted by Gasteiger charge is 2.21. The Morgan fingerprint density at radius 1 is 1.33 bits per heavy atom. The number of amides is 2. The van der Waals surface area contributed by atoms with Gasteiger partial charge in [-0.1, -0.05) is 6.07 Å². The Morgan fingerprint density at radius 2 is 2.10 bits per heavy atom. The van der Waals surface area contributed by atoms with Crippen LogP contribution in [0.2, 0.25) is 0 Å². The minimum absolute atomic E-state index is 0. The molecule has 1 saturated heterocycles. The SMILES string of the molecule is CC(=O)Nc1cc(NC(=O)C2COCCN2)ccc1C.Cl. The number of benzene rings is 1. The first-order chi connectivity index (χ1) is 9.56. The number of carbonyl (C=O) groups is 2. The maximum absolute atomic E-state index is 12.0. The van der Waals surface area contributed by atoms with Gasteiger partial charge >= 0.3 is 0 Å². The largest absolute Gasteiger partial charge is 0.378 e. The zero-order valence-electron chi connectivity index (χ0n) is 12.1. The molecule has 1 fully saturated rings. The van der Waals surface area contributed by atoms with Gasteiger partial charge in [0.2, 0.25) is 11.8 Å². The molecule has 0 aliphatic carbocycles. The number of morpholine rings is 1. The topological polar surface area (TPSA) is 79.5 Å². The lowest BCUT2D eigenvalue weighted by Crippen LogP contribution is -2.48. The molecule has 21 heavy (non-hydrogen) atoms. The van der Waals surface area contributed by atoms with Crippen LogP contribution in [-0.2, 0) is 14.3 Å². The van der Waals surface area contributed by atoms with E-state index in [9.17, 15) is 9.59 Å². The van der Waals surface area contributed by atoms with Crippen LogP contribution in [-0.4, -0.2) is 37.6 Å². The van der Waals surface area contributed by atoms with Crippen LogP contribution in [0, 0.1) is 6.92 Å². The first-order valence-electron chi connectivity index (χ1n) is 6.56. The second-order valence-electron chi connectivity index (χ2n) is 4.78. The van der Waals surface area contributed by atoms with Gasteiger partial charge in [-0.3, -0.25) is 9.59 Å². The van der Waals surface area contributed by atoms with E-state index in [1.54, 1.807) is 6.07 Å². The van der Waals surface area contributed by atoms with Crippen LogP contribution >= 0.6 is 12.4 Å². The van der Waals surface area contributed by atoms with E-state index in [2.05, 4.69) is 16.0 Å². The number of hydrogen-bond acceptors (Lipinski definition) is 4. The summed E-state index contributed by atoms with van der Waals surface area (Å²) in [6, 6.07) is 5.07. The van der Waals surface area contributed by atoms with E-state index in [0.717, 1.165) is 5.56 Å².